The van der Waals surface area contributed by atoms with E-state index in [2.05, 4.69) is 29.3 Å². The van der Waals surface area contributed by atoms with Crippen molar-refractivity contribution in [2.75, 3.05) is 6.54 Å². The van der Waals surface area contributed by atoms with E-state index < -0.39 is 0 Å². The number of amides is 2. The normalized spacial score (nSPS) is 32.0. The Bertz CT molecular complexity index is 626. The largest absolute Gasteiger partial charge is 0.356 e. The van der Waals surface area contributed by atoms with Gasteiger partial charge in [-0.2, -0.15) is 0 Å². The fourth-order valence-corrected chi connectivity index (χ4v) is 4.63. The van der Waals surface area contributed by atoms with Gasteiger partial charge in [0.25, 0.3) is 0 Å². The first-order valence-corrected chi connectivity index (χ1v) is 9.24. The highest BCUT2D eigenvalue weighted by Crippen LogP contribution is 2.46. The summed E-state index contributed by atoms with van der Waals surface area (Å²) in [6.45, 7) is 3.73. The first kappa shape index (κ1) is 15.7. The van der Waals surface area contributed by atoms with Crippen LogP contribution in [0.1, 0.15) is 38.2 Å². The second-order valence-corrected chi connectivity index (χ2v) is 7.84. The lowest BCUT2D eigenvalue weighted by Gasteiger charge is -2.24. The van der Waals surface area contributed by atoms with Gasteiger partial charge in [0.15, 0.2) is 0 Å². The van der Waals surface area contributed by atoms with Crippen molar-refractivity contribution in [3.05, 3.63) is 35.9 Å². The number of benzene rings is 1. The van der Waals surface area contributed by atoms with Crippen LogP contribution in [0.3, 0.4) is 0 Å². The highest BCUT2D eigenvalue weighted by Gasteiger charge is 2.50. The summed E-state index contributed by atoms with van der Waals surface area (Å²) >= 11 is 0. The van der Waals surface area contributed by atoms with Gasteiger partial charge in [-0.15, -0.1) is 0 Å². The molecule has 2 saturated carbocycles. The van der Waals surface area contributed by atoms with Crippen molar-refractivity contribution in [1.82, 2.24) is 10.2 Å². The van der Waals surface area contributed by atoms with Gasteiger partial charge in [0.05, 0.1) is 0 Å². The Morgan fingerprint density at radius 2 is 2.00 bits per heavy atom. The van der Waals surface area contributed by atoms with Crippen molar-refractivity contribution in [2.45, 2.75) is 45.2 Å². The van der Waals surface area contributed by atoms with E-state index in [1.54, 1.807) is 0 Å². The third kappa shape index (κ3) is 2.94. The van der Waals surface area contributed by atoms with E-state index in [-0.39, 0.29) is 17.7 Å². The molecule has 3 fully saturated rings. The van der Waals surface area contributed by atoms with Gasteiger partial charge < -0.3 is 10.2 Å². The van der Waals surface area contributed by atoms with Crippen molar-refractivity contribution in [3.8, 4) is 0 Å². The van der Waals surface area contributed by atoms with Gasteiger partial charge in [-0.05, 0) is 42.6 Å². The molecule has 1 N–H and O–H groups in total. The van der Waals surface area contributed by atoms with Crippen LogP contribution >= 0.6 is 0 Å². The van der Waals surface area contributed by atoms with Gasteiger partial charge in [-0.3, -0.25) is 9.59 Å². The molecule has 0 aromatic heterocycles. The molecule has 2 amide bonds. The smallest absolute Gasteiger partial charge is 0.223 e. The van der Waals surface area contributed by atoms with Gasteiger partial charge in [0.2, 0.25) is 11.8 Å². The molecule has 24 heavy (non-hydrogen) atoms. The predicted molar refractivity (Wildman–Crippen MR) is 91.9 cm³/mol. The molecule has 128 valence electrons. The minimum Gasteiger partial charge on any atom is -0.356 e. The van der Waals surface area contributed by atoms with Crippen LogP contribution in [-0.4, -0.2) is 29.3 Å². The Kier molecular flexibility index (Phi) is 4.07. The number of nitrogens with one attached hydrogen (secondary N) is 1. The molecule has 4 atom stereocenters. The summed E-state index contributed by atoms with van der Waals surface area (Å²) in [5.41, 5.74) is 1.20. The average molecular weight is 326 g/mol. The first-order valence-electron chi connectivity index (χ1n) is 9.24. The second-order valence-electron chi connectivity index (χ2n) is 7.84. The number of nitrogens with zero attached hydrogens (tertiary/aromatic N) is 1. The molecule has 0 spiro atoms. The molecular formula is C20H26N2O2. The molecule has 4 rings (SSSR count). The van der Waals surface area contributed by atoms with Crippen LogP contribution in [-0.2, 0) is 16.1 Å². The molecular weight excluding hydrogens is 300 g/mol. The van der Waals surface area contributed by atoms with Crippen LogP contribution in [0.25, 0.3) is 0 Å². The Morgan fingerprint density at radius 3 is 2.71 bits per heavy atom. The SMILES string of the molecule is C[C@H]1C[C@@H]2[C@@H](CC(=O)N2Cc2ccccc2)[C@@H]1CNC(=O)C1CC1. The van der Waals surface area contributed by atoms with Crippen LogP contribution in [0.4, 0.5) is 0 Å². The van der Waals surface area contributed by atoms with Gasteiger partial charge in [0.1, 0.15) is 0 Å². The zero-order chi connectivity index (χ0) is 16.7. The lowest BCUT2D eigenvalue weighted by molar-refractivity contribution is -0.129. The van der Waals surface area contributed by atoms with E-state index in [9.17, 15) is 9.59 Å². The Morgan fingerprint density at radius 1 is 1.25 bits per heavy atom. The van der Waals surface area contributed by atoms with E-state index in [0.717, 1.165) is 25.8 Å². The quantitative estimate of drug-likeness (QED) is 0.904. The lowest BCUT2D eigenvalue weighted by atomic mass is 9.88. The summed E-state index contributed by atoms with van der Waals surface area (Å²) in [4.78, 5) is 26.6. The molecule has 3 aliphatic rings. The van der Waals surface area contributed by atoms with Crippen LogP contribution < -0.4 is 5.32 Å². The highest BCUT2D eigenvalue weighted by atomic mass is 16.2. The van der Waals surface area contributed by atoms with Gasteiger partial charge in [-0.1, -0.05) is 37.3 Å². The number of carbonyl (C=O) groups excluding carboxylic acids is 2. The summed E-state index contributed by atoms with van der Waals surface area (Å²) in [5.74, 6) is 2.15. The Hall–Kier alpha value is -1.84. The van der Waals surface area contributed by atoms with Crippen molar-refractivity contribution in [1.29, 1.82) is 0 Å². The Balaban J connectivity index is 1.42. The number of carbonyl (C=O) groups is 2. The van der Waals surface area contributed by atoms with E-state index in [4.69, 9.17) is 0 Å². The van der Waals surface area contributed by atoms with Crippen LogP contribution in [0.5, 0.6) is 0 Å². The topological polar surface area (TPSA) is 49.4 Å². The maximum Gasteiger partial charge on any atom is 0.223 e. The monoisotopic (exact) mass is 326 g/mol. The molecule has 0 radical (unpaired) electrons. The van der Waals surface area contributed by atoms with E-state index in [1.165, 1.54) is 5.56 Å². The number of fused-ring (bicyclic) bond motifs is 1. The van der Waals surface area contributed by atoms with Gasteiger partial charge >= 0.3 is 0 Å². The molecule has 1 aromatic carbocycles. The minimum absolute atomic E-state index is 0.219. The summed E-state index contributed by atoms with van der Waals surface area (Å²) in [5, 5.41) is 3.14. The third-order valence-electron chi connectivity index (χ3n) is 6.18. The lowest BCUT2D eigenvalue weighted by Crippen LogP contribution is -2.35. The zero-order valence-corrected chi connectivity index (χ0v) is 14.3. The van der Waals surface area contributed by atoms with Crippen LogP contribution in [0.2, 0.25) is 0 Å². The second kappa shape index (κ2) is 6.23. The maximum absolute atomic E-state index is 12.5. The van der Waals surface area contributed by atoms with Crippen molar-refractivity contribution < 1.29 is 9.59 Å². The number of rotatable bonds is 5. The highest BCUT2D eigenvalue weighted by molar-refractivity contribution is 5.81. The van der Waals surface area contributed by atoms with Gasteiger partial charge in [-0.25, -0.2) is 0 Å². The van der Waals surface area contributed by atoms with Crippen molar-refractivity contribution in [3.63, 3.8) is 0 Å². The first-order chi connectivity index (χ1) is 11.6. The maximum atomic E-state index is 12.5. The molecule has 1 aliphatic heterocycles. The summed E-state index contributed by atoms with van der Waals surface area (Å²) in [7, 11) is 0. The van der Waals surface area contributed by atoms with Crippen molar-refractivity contribution >= 4 is 11.8 Å². The van der Waals surface area contributed by atoms with Crippen LogP contribution in [0, 0.1) is 23.7 Å². The average Bonchev–Trinajstić information content (AvgIpc) is 3.33. The number of likely N-dealkylation sites (tertiary alicyclic amines) is 1. The molecule has 0 bridgehead atoms. The molecule has 4 heteroatoms. The zero-order valence-electron chi connectivity index (χ0n) is 14.3. The van der Waals surface area contributed by atoms with Gasteiger partial charge in [0, 0.05) is 31.5 Å². The third-order valence-corrected chi connectivity index (χ3v) is 6.18. The molecule has 1 saturated heterocycles. The Labute approximate surface area is 143 Å². The minimum atomic E-state index is 0.219. The van der Waals surface area contributed by atoms with E-state index in [1.807, 2.05) is 18.2 Å². The fourth-order valence-electron chi connectivity index (χ4n) is 4.63. The van der Waals surface area contributed by atoms with E-state index >= 15 is 0 Å². The van der Waals surface area contributed by atoms with Crippen LogP contribution in [0.15, 0.2) is 30.3 Å². The summed E-state index contributed by atoms with van der Waals surface area (Å²) in [6, 6.07) is 10.6. The van der Waals surface area contributed by atoms with Crippen molar-refractivity contribution in [2.24, 2.45) is 23.7 Å². The molecule has 2 aliphatic carbocycles. The molecule has 1 aromatic rings. The molecule has 4 nitrogen and oxygen atoms in total. The fraction of sp³-hybridized carbons (Fsp3) is 0.600. The number of hydrogen-bond donors (Lipinski definition) is 1. The van der Waals surface area contributed by atoms with E-state index in [0.29, 0.717) is 36.8 Å². The standard InChI is InChI=1S/C20H26N2O2/c1-13-9-18-16(17(13)11-21-20(24)15-7-8-15)10-19(23)22(18)12-14-5-3-2-4-6-14/h2-6,13,15-18H,7-12H2,1H3,(H,21,24)/t13-,16-,17+,18+/m0/s1. The predicted octanol–water partition coefficient (Wildman–Crippen LogP) is 2.59. The number of hydrogen-bond acceptors (Lipinski definition) is 2. The molecule has 0 unspecified atom stereocenters. The summed E-state index contributed by atoms with van der Waals surface area (Å²) < 4.78 is 0. The molecule has 1 heterocycles. The summed E-state index contributed by atoms with van der Waals surface area (Å²) in [6.07, 6.45) is 3.79.